The summed E-state index contributed by atoms with van der Waals surface area (Å²) < 4.78 is 26.7. The van der Waals surface area contributed by atoms with Gasteiger partial charge in [0.2, 0.25) is 0 Å². The van der Waals surface area contributed by atoms with Gasteiger partial charge in [0.05, 0.1) is 11.8 Å². The molecule has 4 aliphatic heterocycles. The van der Waals surface area contributed by atoms with E-state index in [4.69, 9.17) is 23.7 Å². The maximum atomic E-state index is 11.9. The van der Waals surface area contributed by atoms with Crippen molar-refractivity contribution in [3.05, 3.63) is 24.3 Å². The lowest BCUT2D eigenvalue weighted by molar-refractivity contribution is -0.177. The van der Waals surface area contributed by atoms with Crippen molar-refractivity contribution in [2.45, 2.75) is 89.6 Å². The quantitative estimate of drug-likeness (QED) is 0.272. The van der Waals surface area contributed by atoms with Gasteiger partial charge < -0.3 is 23.7 Å². The Kier molecular flexibility index (Phi) is 8.06. The molecule has 4 saturated carbocycles. The van der Waals surface area contributed by atoms with Crippen LogP contribution in [0.3, 0.4) is 0 Å². The van der Waals surface area contributed by atoms with Gasteiger partial charge in [0.1, 0.15) is 24.4 Å². The summed E-state index contributed by atoms with van der Waals surface area (Å²) in [6, 6.07) is 0. The van der Waals surface area contributed by atoms with E-state index >= 15 is 0 Å². The number of carbonyl (C=O) groups excluding carboxylic acids is 5. The van der Waals surface area contributed by atoms with Crippen LogP contribution in [-0.2, 0) is 47.7 Å². The third-order valence-electron chi connectivity index (χ3n) is 9.21. The van der Waals surface area contributed by atoms with Gasteiger partial charge in [0, 0.05) is 23.0 Å². The number of esters is 5. The molecular formula is C30H38O10. The van der Waals surface area contributed by atoms with Crippen LogP contribution in [0.2, 0.25) is 0 Å². The van der Waals surface area contributed by atoms with Gasteiger partial charge in [0.15, 0.2) is 6.61 Å². The highest BCUT2D eigenvalue weighted by atomic mass is 16.6. The Hall–Kier alpha value is -3.17. The summed E-state index contributed by atoms with van der Waals surface area (Å²) in [6.45, 7) is 9.74. The highest BCUT2D eigenvalue weighted by molar-refractivity contribution is 5.88. The molecule has 218 valence electrons. The predicted octanol–water partition coefficient (Wildman–Crippen LogP) is 3.22. The standard InChI is InChI=1S/C16H20O6.C14H18O4/c1-8(2)15(18)20-7-13(17)22-14-10-3-9-4-11(6-10)16(19)21-12(14)5-9;1-7(2)13(15)18-12-9-3-8-4-10(6-9)14(16)17-11(12)5-8/h9-12,14H,1,3-7H2,2H3;8-12H,1,3-6H2,2H3. The number of carbonyl (C=O) groups is 5. The van der Waals surface area contributed by atoms with Crippen LogP contribution < -0.4 is 0 Å². The minimum absolute atomic E-state index is 0.0206. The van der Waals surface area contributed by atoms with Crippen LogP contribution in [0.25, 0.3) is 0 Å². The average molecular weight is 559 g/mol. The minimum atomic E-state index is -0.620. The van der Waals surface area contributed by atoms with Gasteiger partial charge in [-0.1, -0.05) is 13.2 Å². The van der Waals surface area contributed by atoms with Gasteiger partial charge in [-0.05, 0) is 77.0 Å². The van der Waals surface area contributed by atoms with Crippen molar-refractivity contribution < 1.29 is 47.7 Å². The van der Waals surface area contributed by atoms with Gasteiger partial charge >= 0.3 is 29.8 Å². The van der Waals surface area contributed by atoms with Gasteiger partial charge in [0.25, 0.3) is 0 Å². The molecule has 10 heteroatoms. The van der Waals surface area contributed by atoms with Gasteiger partial charge in [-0.15, -0.1) is 0 Å². The molecule has 8 bridgehead atoms. The molecule has 0 spiro atoms. The van der Waals surface area contributed by atoms with Crippen LogP contribution in [0.1, 0.15) is 65.2 Å². The maximum Gasteiger partial charge on any atom is 0.344 e. The normalized spacial score (nSPS) is 38.0. The first-order valence-electron chi connectivity index (χ1n) is 14.3. The molecule has 10 atom stereocenters. The van der Waals surface area contributed by atoms with Crippen LogP contribution in [0.5, 0.6) is 0 Å². The molecule has 10 unspecified atom stereocenters. The fraction of sp³-hybridized carbons (Fsp3) is 0.700. The zero-order valence-electron chi connectivity index (χ0n) is 23.1. The third-order valence-corrected chi connectivity index (χ3v) is 9.21. The molecule has 10 nitrogen and oxygen atoms in total. The molecule has 0 aromatic rings. The van der Waals surface area contributed by atoms with Crippen LogP contribution in [0.4, 0.5) is 0 Å². The molecule has 4 heterocycles. The lowest BCUT2D eigenvalue weighted by atomic mass is 9.67. The van der Waals surface area contributed by atoms with E-state index < -0.39 is 24.6 Å². The number of fused-ring (bicyclic) bond motifs is 2. The highest BCUT2D eigenvalue weighted by Gasteiger charge is 2.53. The molecule has 4 saturated heterocycles. The minimum Gasteiger partial charge on any atom is -0.458 e. The Bertz CT molecular complexity index is 1110. The monoisotopic (exact) mass is 558 g/mol. The molecular weight excluding hydrogens is 520 g/mol. The van der Waals surface area contributed by atoms with E-state index in [9.17, 15) is 24.0 Å². The maximum absolute atomic E-state index is 11.9. The second kappa shape index (κ2) is 11.4. The van der Waals surface area contributed by atoms with Crippen LogP contribution in [0.15, 0.2) is 24.3 Å². The fourth-order valence-electron chi connectivity index (χ4n) is 7.53. The SMILES string of the molecule is C=C(C)C(=O)OC1C2CC3CC(C2)C(=O)OC1C3.C=C(C)C(=O)OCC(=O)OC1C2CC3CC(C2)C(=O)OC1C3. The van der Waals surface area contributed by atoms with E-state index in [1.54, 1.807) is 6.92 Å². The van der Waals surface area contributed by atoms with Crippen molar-refractivity contribution in [3.63, 3.8) is 0 Å². The van der Waals surface area contributed by atoms with Gasteiger partial charge in [-0.25, -0.2) is 14.4 Å². The van der Waals surface area contributed by atoms with Crippen LogP contribution in [0, 0.1) is 35.5 Å². The van der Waals surface area contributed by atoms with Crippen molar-refractivity contribution in [1.82, 2.24) is 0 Å². The first-order chi connectivity index (χ1) is 19.0. The summed E-state index contributed by atoms with van der Waals surface area (Å²) >= 11 is 0. The van der Waals surface area contributed by atoms with E-state index in [1.807, 2.05) is 0 Å². The topological polar surface area (TPSA) is 132 Å². The van der Waals surface area contributed by atoms with Crippen LogP contribution >= 0.6 is 0 Å². The number of hydrogen-bond acceptors (Lipinski definition) is 10. The molecule has 0 aromatic carbocycles. The molecule has 8 fully saturated rings. The lowest BCUT2D eigenvalue weighted by Gasteiger charge is -2.41. The molecule has 0 aromatic heterocycles. The molecule has 0 N–H and O–H groups in total. The summed E-state index contributed by atoms with van der Waals surface area (Å²) in [4.78, 5) is 58.6. The molecule has 8 aliphatic rings. The van der Waals surface area contributed by atoms with E-state index in [0.29, 0.717) is 17.4 Å². The fourth-order valence-corrected chi connectivity index (χ4v) is 7.53. The second-order valence-electron chi connectivity index (χ2n) is 12.4. The molecule has 4 aliphatic carbocycles. The van der Waals surface area contributed by atoms with Crippen molar-refractivity contribution in [1.29, 1.82) is 0 Å². The van der Waals surface area contributed by atoms with E-state index in [0.717, 1.165) is 51.4 Å². The Morgan fingerprint density at radius 1 is 0.700 bits per heavy atom. The smallest absolute Gasteiger partial charge is 0.344 e. The highest BCUT2D eigenvalue weighted by Crippen LogP contribution is 2.49. The number of hydrogen-bond donors (Lipinski definition) is 0. The average Bonchev–Trinajstić information content (AvgIpc) is 3.17. The predicted molar refractivity (Wildman–Crippen MR) is 138 cm³/mol. The third kappa shape index (κ3) is 5.95. The molecule has 8 rings (SSSR count). The van der Waals surface area contributed by atoms with Gasteiger partial charge in [-0.2, -0.15) is 0 Å². The van der Waals surface area contributed by atoms with E-state index in [1.165, 1.54) is 6.92 Å². The zero-order chi connectivity index (χ0) is 28.7. The molecule has 0 radical (unpaired) electrons. The van der Waals surface area contributed by atoms with E-state index in [-0.39, 0.29) is 65.5 Å². The summed E-state index contributed by atoms with van der Waals surface area (Å²) in [5.41, 5.74) is 0.627. The zero-order valence-corrected chi connectivity index (χ0v) is 23.1. The van der Waals surface area contributed by atoms with Crippen molar-refractivity contribution in [2.24, 2.45) is 35.5 Å². The molecule has 40 heavy (non-hydrogen) atoms. The Morgan fingerprint density at radius 3 is 1.65 bits per heavy atom. The first kappa shape index (κ1) is 28.4. The van der Waals surface area contributed by atoms with Crippen molar-refractivity contribution in [3.8, 4) is 0 Å². The van der Waals surface area contributed by atoms with Gasteiger partial charge in [-0.3, -0.25) is 9.59 Å². The summed E-state index contributed by atoms with van der Waals surface area (Å²) in [5, 5.41) is 0. The summed E-state index contributed by atoms with van der Waals surface area (Å²) in [5.74, 6) is -0.410. The molecule has 0 amide bonds. The number of ether oxygens (including phenoxy) is 5. The van der Waals surface area contributed by atoms with Crippen molar-refractivity contribution in [2.75, 3.05) is 6.61 Å². The Labute approximate surface area is 233 Å². The largest absolute Gasteiger partial charge is 0.458 e. The van der Waals surface area contributed by atoms with Crippen LogP contribution in [-0.4, -0.2) is 60.9 Å². The first-order valence-corrected chi connectivity index (χ1v) is 14.3. The van der Waals surface area contributed by atoms with E-state index in [2.05, 4.69) is 13.2 Å². The second-order valence-corrected chi connectivity index (χ2v) is 12.4. The van der Waals surface area contributed by atoms with Crippen molar-refractivity contribution >= 4 is 29.8 Å². The Morgan fingerprint density at radius 2 is 1.18 bits per heavy atom. The lowest BCUT2D eigenvalue weighted by Crippen LogP contribution is -2.45. The Balaban J connectivity index is 0.000000164. The summed E-state index contributed by atoms with van der Waals surface area (Å²) in [6.07, 6.45) is 5.70. The summed E-state index contributed by atoms with van der Waals surface area (Å²) in [7, 11) is 0. The number of rotatable bonds is 6.